The molecule has 0 radical (unpaired) electrons. The van der Waals surface area contributed by atoms with Crippen LogP contribution >= 0.6 is 0 Å². The van der Waals surface area contributed by atoms with E-state index in [0.29, 0.717) is 6.54 Å². The molecular weight excluding hydrogens is 368 g/mol. The maximum absolute atomic E-state index is 13.6. The largest absolute Gasteiger partial charge is 0.481 e. The van der Waals surface area contributed by atoms with Crippen molar-refractivity contribution in [2.75, 3.05) is 6.54 Å². The normalized spacial score (nSPS) is 16.4. The van der Waals surface area contributed by atoms with Crippen LogP contribution in [0.25, 0.3) is 0 Å². The molecular formula is C20H17F2N3O3. The first-order chi connectivity index (χ1) is 13.6. The molecule has 1 atom stereocenters. The van der Waals surface area contributed by atoms with E-state index in [4.69, 9.17) is 9.15 Å². The zero-order valence-electron chi connectivity index (χ0n) is 14.8. The maximum Gasteiger partial charge on any atom is 0.276 e. The quantitative estimate of drug-likeness (QED) is 0.666. The number of carbonyl (C=O) groups is 1. The number of rotatable bonds is 5. The van der Waals surface area contributed by atoms with Crippen molar-refractivity contribution in [1.29, 1.82) is 0 Å². The summed E-state index contributed by atoms with van der Waals surface area (Å²) in [6, 6.07) is 9.14. The first-order valence-electron chi connectivity index (χ1n) is 8.86. The molecule has 4 rings (SSSR count). The van der Waals surface area contributed by atoms with Gasteiger partial charge < -0.3 is 14.1 Å². The average Bonchev–Trinajstić information content (AvgIpc) is 3.39. The number of hydrogen-bond donors (Lipinski definition) is 0. The van der Waals surface area contributed by atoms with Crippen LogP contribution in [0, 0.1) is 11.6 Å². The lowest BCUT2D eigenvalue weighted by molar-refractivity contribution is 0.0727. The number of ether oxygens (including phenoxy) is 1. The van der Waals surface area contributed by atoms with Gasteiger partial charge in [-0.05, 0) is 37.1 Å². The molecule has 0 N–H and O–H groups in total. The summed E-state index contributed by atoms with van der Waals surface area (Å²) in [6.45, 7) is 0.380. The molecule has 1 saturated heterocycles. The van der Waals surface area contributed by atoms with Gasteiger partial charge in [0.25, 0.3) is 5.91 Å². The minimum Gasteiger partial charge on any atom is -0.481 e. The van der Waals surface area contributed by atoms with E-state index in [9.17, 15) is 13.6 Å². The van der Waals surface area contributed by atoms with E-state index in [1.54, 1.807) is 11.1 Å². The van der Waals surface area contributed by atoms with Crippen molar-refractivity contribution >= 4 is 5.91 Å². The monoisotopic (exact) mass is 385 g/mol. The van der Waals surface area contributed by atoms with Gasteiger partial charge >= 0.3 is 0 Å². The third-order valence-corrected chi connectivity index (χ3v) is 4.58. The summed E-state index contributed by atoms with van der Waals surface area (Å²) in [5.41, 5.74) is 0.975. The number of halogens is 2. The smallest absolute Gasteiger partial charge is 0.276 e. The minimum absolute atomic E-state index is 0.0978. The molecule has 1 fully saturated rings. The van der Waals surface area contributed by atoms with Crippen LogP contribution in [-0.4, -0.2) is 27.3 Å². The van der Waals surface area contributed by atoms with Gasteiger partial charge in [-0.25, -0.2) is 9.37 Å². The average molecular weight is 385 g/mol. The molecule has 1 aliphatic heterocycles. The highest BCUT2D eigenvalue weighted by Gasteiger charge is 2.32. The summed E-state index contributed by atoms with van der Waals surface area (Å²) in [5, 5.41) is 0. The Balaban J connectivity index is 1.45. The van der Waals surface area contributed by atoms with Gasteiger partial charge in [-0.15, -0.1) is 0 Å². The molecule has 144 valence electrons. The number of nitrogens with zero attached hydrogens (tertiary/aromatic N) is 3. The van der Waals surface area contributed by atoms with E-state index in [1.807, 2.05) is 18.2 Å². The molecule has 0 unspecified atom stereocenters. The highest BCUT2D eigenvalue weighted by Crippen LogP contribution is 2.31. The number of amides is 1. The number of hydrogen-bond acceptors (Lipinski definition) is 5. The van der Waals surface area contributed by atoms with Crippen LogP contribution in [0.15, 0.2) is 53.3 Å². The Hall–Kier alpha value is -3.29. The van der Waals surface area contributed by atoms with Gasteiger partial charge in [0.15, 0.2) is 23.9 Å². The van der Waals surface area contributed by atoms with E-state index in [-0.39, 0.29) is 35.9 Å². The van der Waals surface area contributed by atoms with Crippen molar-refractivity contribution in [3.8, 4) is 5.75 Å². The summed E-state index contributed by atoms with van der Waals surface area (Å²) < 4.78 is 37.3. The second kappa shape index (κ2) is 7.75. The second-order valence-electron chi connectivity index (χ2n) is 6.38. The molecule has 1 aromatic carbocycles. The highest BCUT2D eigenvalue weighted by molar-refractivity contribution is 5.92. The van der Waals surface area contributed by atoms with Crippen LogP contribution in [0.5, 0.6) is 5.75 Å². The predicted molar refractivity (Wildman–Crippen MR) is 94.4 cm³/mol. The number of benzene rings is 1. The van der Waals surface area contributed by atoms with Crippen molar-refractivity contribution in [1.82, 2.24) is 14.9 Å². The van der Waals surface area contributed by atoms with E-state index in [2.05, 4.69) is 9.97 Å². The first-order valence-corrected chi connectivity index (χ1v) is 8.86. The van der Waals surface area contributed by atoms with Gasteiger partial charge in [-0.3, -0.25) is 9.78 Å². The number of oxazole rings is 1. The van der Waals surface area contributed by atoms with Crippen molar-refractivity contribution in [3.63, 3.8) is 0 Å². The van der Waals surface area contributed by atoms with Crippen LogP contribution in [-0.2, 0) is 6.61 Å². The fourth-order valence-electron chi connectivity index (χ4n) is 3.25. The highest BCUT2D eigenvalue weighted by atomic mass is 19.2. The zero-order chi connectivity index (χ0) is 19.5. The molecule has 0 saturated carbocycles. The van der Waals surface area contributed by atoms with Gasteiger partial charge in [-0.1, -0.05) is 12.1 Å². The fraction of sp³-hybridized carbons (Fsp3) is 0.250. The summed E-state index contributed by atoms with van der Waals surface area (Å²) >= 11 is 0. The van der Waals surface area contributed by atoms with Crippen molar-refractivity contribution in [3.05, 3.63) is 77.8 Å². The molecule has 2 aromatic heterocycles. The van der Waals surface area contributed by atoms with Crippen molar-refractivity contribution in [2.24, 2.45) is 0 Å². The molecule has 3 aromatic rings. The van der Waals surface area contributed by atoms with Crippen LogP contribution in [0.3, 0.4) is 0 Å². The lowest BCUT2D eigenvalue weighted by Gasteiger charge is -2.23. The third-order valence-electron chi connectivity index (χ3n) is 4.58. The van der Waals surface area contributed by atoms with Gasteiger partial charge in [0, 0.05) is 12.7 Å². The zero-order valence-corrected chi connectivity index (χ0v) is 14.8. The molecule has 6 nitrogen and oxygen atoms in total. The molecule has 8 heteroatoms. The van der Waals surface area contributed by atoms with Gasteiger partial charge in [0.05, 0.1) is 11.7 Å². The molecule has 3 heterocycles. The Labute approximate surface area is 159 Å². The van der Waals surface area contributed by atoms with Crippen molar-refractivity contribution in [2.45, 2.75) is 25.5 Å². The molecule has 28 heavy (non-hydrogen) atoms. The minimum atomic E-state index is -1.08. The van der Waals surface area contributed by atoms with Crippen LogP contribution in [0.4, 0.5) is 8.78 Å². The van der Waals surface area contributed by atoms with Crippen molar-refractivity contribution < 1.29 is 22.7 Å². The summed E-state index contributed by atoms with van der Waals surface area (Å²) in [7, 11) is 0. The van der Waals surface area contributed by atoms with Crippen LogP contribution in [0.1, 0.15) is 41.0 Å². The molecule has 1 amide bonds. The number of likely N-dealkylation sites (tertiary alicyclic amines) is 1. The van der Waals surface area contributed by atoms with Gasteiger partial charge in [0.1, 0.15) is 6.26 Å². The lowest BCUT2D eigenvalue weighted by Crippen LogP contribution is -2.31. The first kappa shape index (κ1) is 18.1. The Bertz CT molecular complexity index is 978. The maximum atomic E-state index is 13.6. The van der Waals surface area contributed by atoms with E-state index in [1.165, 1.54) is 18.4 Å². The topological polar surface area (TPSA) is 68.5 Å². The molecule has 1 aliphatic rings. The number of pyridine rings is 1. The number of carbonyl (C=O) groups excluding carboxylic acids is 1. The predicted octanol–water partition coefficient (Wildman–Crippen LogP) is 3.90. The standard InChI is InChI=1S/C20H17F2N3O3/c21-13-5-3-8-17(19(13)22)27-12-18-24-15(11-28-18)20(26)25-10-4-7-16(25)14-6-1-2-9-23-14/h1-3,5-6,8-9,11,16H,4,7,10,12H2/t16-/m0/s1. The summed E-state index contributed by atoms with van der Waals surface area (Å²) in [6.07, 6.45) is 4.65. The van der Waals surface area contributed by atoms with Gasteiger partial charge in [-0.2, -0.15) is 4.39 Å². The van der Waals surface area contributed by atoms with E-state index in [0.717, 1.165) is 24.6 Å². The van der Waals surface area contributed by atoms with Crippen LogP contribution in [0.2, 0.25) is 0 Å². The summed E-state index contributed by atoms with van der Waals surface area (Å²) in [4.78, 5) is 23.0. The molecule has 0 spiro atoms. The van der Waals surface area contributed by atoms with Crippen LogP contribution < -0.4 is 4.74 Å². The fourth-order valence-corrected chi connectivity index (χ4v) is 3.25. The molecule has 0 bridgehead atoms. The molecule has 0 aliphatic carbocycles. The van der Waals surface area contributed by atoms with Gasteiger partial charge in [0.2, 0.25) is 11.7 Å². The SMILES string of the molecule is O=C(c1coc(COc2cccc(F)c2F)n1)N1CCC[C@H]1c1ccccn1. The number of aromatic nitrogens is 2. The Kier molecular flexibility index (Phi) is 5.01. The lowest BCUT2D eigenvalue weighted by atomic mass is 10.1. The second-order valence-corrected chi connectivity index (χ2v) is 6.38. The Morgan fingerprint density at radius 1 is 1.25 bits per heavy atom. The van der Waals surface area contributed by atoms with E-state index >= 15 is 0 Å². The van der Waals surface area contributed by atoms with E-state index < -0.39 is 11.6 Å². The Morgan fingerprint density at radius 3 is 2.96 bits per heavy atom. The summed E-state index contributed by atoms with van der Waals surface area (Å²) in [5.74, 6) is -2.50. The Morgan fingerprint density at radius 2 is 2.14 bits per heavy atom. The third kappa shape index (κ3) is 3.58.